The third kappa shape index (κ3) is 2.77. The first-order chi connectivity index (χ1) is 7.66. The fourth-order valence-corrected chi connectivity index (χ4v) is 5.39. The predicted octanol–water partition coefficient (Wildman–Crippen LogP) is 5.00. The minimum atomic E-state index is -1.67. The van der Waals surface area contributed by atoms with E-state index in [9.17, 15) is 0 Å². The number of halogens is 2. The van der Waals surface area contributed by atoms with Crippen LogP contribution in [0, 0.1) is 21.0 Å². The van der Waals surface area contributed by atoms with E-state index in [4.69, 9.17) is 8.91 Å². The van der Waals surface area contributed by atoms with E-state index in [-0.39, 0.29) is 0 Å². The Hall–Kier alpha value is -0.540. The number of hydrogen-bond acceptors (Lipinski definition) is 0. The zero-order valence-electron chi connectivity index (χ0n) is 9.37. The fourth-order valence-electron chi connectivity index (χ4n) is 1.41. The Morgan fingerprint density at radius 1 is 0.688 bits per heavy atom. The Bertz CT molecular complexity index is 414. The van der Waals surface area contributed by atoms with Crippen molar-refractivity contribution in [1.29, 1.82) is 0 Å². The summed E-state index contributed by atoms with van der Waals surface area (Å²) in [5.41, 5.74) is 2.57. The van der Waals surface area contributed by atoms with Crippen molar-refractivity contribution in [2.24, 2.45) is 0 Å². The molecule has 0 nitrogen and oxygen atoms in total. The summed E-state index contributed by atoms with van der Waals surface area (Å²) >= 11 is -1.67. The molecule has 2 aromatic rings. The van der Waals surface area contributed by atoms with Gasteiger partial charge in [0.25, 0.3) is 0 Å². The third-order valence-corrected chi connectivity index (χ3v) is 8.24. The molecule has 2 rings (SSSR count). The van der Waals surface area contributed by atoms with E-state index >= 15 is 0 Å². The van der Waals surface area contributed by atoms with E-state index in [2.05, 4.69) is 62.4 Å². The summed E-state index contributed by atoms with van der Waals surface area (Å²) in [6.45, 7) is 4.20. The molecule has 0 fully saturated rings. The maximum absolute atomic E-state index is 6.59. The van der Waals surface area contributed by atoms with Gasteiger partial charge in [-0.3, -0.25) is 0 Å². The normalized spacial score (nSPS) is 11.3. The Kier molecular flexibility index (Phi) is 3.87. The van der Waals surface area contributed by atoms with Crippen LogP contribution in [0.3, 0.4) is 0 Å². The van der Waals surface area contributed by atoms with Gasteiger partial charge in [-0.05, 0) is 0 Å². The third-order valence-electron chi connectivity index (χ3n) is 2.40. The molecule has 0 heterocycles. The summed E-state index contributed by atoms with van der Waals surface area (Å²) in [5, 5.41) is 0. The molecular weight excluding hydrogens is 331 g/mol. The van der Waals surface area contributed by atoms with Crippen molar-refractivity contribution in [3.63, 3.8) is 0 Å². The van der Waals surface area contributed by atoms with Gasteiger partial charge in [0.2, 0.25) is 0 Å². The van der Waals surface area contributed by atoms with Gasteiger partial charge in [0.05, 0.1) is 0 Å². The molecule has 0 saturated heterocycles. The second kappa shape index (κ2) is 5.19. The molecule has 0 aliphatic carbocycles. The SMILES string of the molecule is Cc1ccc(I(Cl)c2ccc(C)cc2)cc1. The van der Waals surface area contributed by atoms with Crippen LogP contribution in [0.1, 0.15) is 11.1 Å². The standard InChI is InChI=1S/C14H14ClI/c1-11-3-7-13(8-4-11)16(15)14-9-5-12(2)6-10-14/h3-10H,1-2H3. The first-order valence-electron chi connectivity index (χ1n) is 5.16. The Morgan fingerprint density at radius 2 is 1.00 bits per heavy atom. The molecule has 0 amide bonds. The van der Waals surface area contributed by atoms with E-state index in [1.807, 2.05) is 0 Å². The second-order valence-corrected chi connectivity index (χ2v) is 9.59. The Labute approximate surface area is 108 Å². The fraction of sp³-hybridized carbons (Fsp3) is 0.143. The number of benzene rings is 2. The van der Waals surface area contributed by atoms with Gasteiger partial charge in [-0.25, -0.2) is 0 Å². The molecule has 0 spiro atoms. The molecule has 2 heteroatoms. The molecule has 84 valence electrons. The zero-order valence-corrected chi connectivity index (χ0v) is 12.3. The minimum absolute atomic E-state index is 1.29. The second-order valence-electron chi connectivity index (χ2n) is 3.83. The van der Waals surface area contributed by atoms with Crippen LogP contribution in [0.4, 0.5) is 0 Å². The average molecular weight is 345 g/mol. The molecule has 0 N–H and O–H groups in total. The number of rotatable bonds is 2. The van der Waals surface area contributed by atoms with Crippen molar-refractivity contribution < 1.29 is 0 Å². The summed E-state index contributed by atoms with van der Waals surface area (Å²) in [7, 11) is 6.59. The Morgan fingerprint density at radius 3 is 1.31 bits per heavy atom. The summed E-state index contributed by atoms with van der Waals surface area (Å²) in [6.07, 6.45) is 0. The van der Waals surface area contributed by atoms with Crippen molar-refractivity contribution >= 4 is 27.6 Å². The Balaban J connectivity index is 2.28. The zero-order chi connectivity index (χ0) is 11.5. The van der Waals surface area contributed by atoms with Gasteiger partial charge < -0.3 is 0 Å². The quantitative estimate of drug-likeness (QED) is 0.672. The molecular formula is C14H14ClI. The maximum atomic E-state index is 6.59. The molecule has 0 aromatic heterocycles. The van der Waals surface area contributed by atoms with Crippen LogP contribution < -0.4 is 0 Å². The average Bonchev–Trinajstić information content (AvgIpc) is 2.30. The molecule has 0 radical (unpaired) electrons. The van der Waals surface area contributed by atoms with E-state index in [0.717, 1.165) is 0 Å². The van der Waals surface area contributed by atoms with E-state index < -0.39 is 18.7 Å². The molecule has 0 unspecified atom stereocenters. The van der Waals surface area contributed by atoms with E-state index in [1.165, 1.54) is 18.3 Å². The first kappa shape index (κ1) is 11.9. The molecule has 0 aliphatic rings. The van der Waals surface area contributed by atoms with Crippen LogP contribution in [0.25, 0.3) is 0 Å². The molecule has 0 aliphatic heterocycles. The molecule has 16 heavy (non-hydrogen) atoms. The van der Waals surface area contributed by atoms with Gasteiger partial charge in [-0.1, -0.05) is 0 Å². The topological polar surface area (TPSA) is 0 Å². The molecule has 0 bridgehead atoms. The van der Waals surface area contributed by atoms with Gasteiger partial charge in [-0.2, -0.15) is 0 Å². The van der Waals surface area contributed by atoms with Crippen LogP contribution in [-0.2, 0) is 0 Å². The van der Waals surface area contributed by atoms with Crippen LogP contribution in [0.5, 0.6) is 0 Å². The van der Waals surface area contributed by atoms with Crippen molar-refractivity contribution in [1.82, 2.24) is 0 Å². The molecule has 0 saturated carbocycles. The van der Waals surface area contributed by atoms with E-state index in [0.29, 0.717) is 0 Å². The van der Waals surface area contributed by atoms with Gasteiger partial charge in [0.15, 0.2) is 0 Å². The van der Waals surface area contributed by atoms with Gasteiger partial charge in [-0.15, -0.1) is 0 Å². The van der Waals surface area contributed by atoms with Crippen LogP contribution >= 0.6 is 27.6 Å². The summed E-state index contributed by atoms with van der Waals surface area (Å²) in [6, 6.07) is 17.2. The van der Waals surface area contributed by atoms with Gasteiger partial charge >= 0.3 is 108 Å². The summed E-state index contributed by atoms with van der Waals surface area (Å²) < 4.78 is 2.61. The summed E-state index contributed by atoms with van der Waals surface area (Å²) in [5.74, 6) is 0. The molecule has 0 atom stereocenters. The summed E-state index contributed by atoms with van der Waals surface area (Å²) in [4.78, 5) is 0. The van der Waals surface area contributed by atoms with E-state index in [1.54, 1.807) is 0 Å². The monoisotopic (exact) mass is 344 g/mol. The predicted molar refractivity (Wildman–Crippen MR) is 79.6 cm³/mol. The van der Waals surface area contributed by atoms with Crippen molar-refractivity contribution in [2.45, 2.75) is 13.8 Å². The van der Waals surface area contributed by atoms with Crippen LogP contribution in [0.15, 0.2) is 48.5 Å². The first-order valence-corrected chi connectivity index (χ1v) is 10.1. The van der Waals surface area contributed by atoms with Crippen LogP contribution in [-0.4, -0.2) is 0 Å². The number of aryl methyl sites for hydroxylation is 2. The van der Waals surface area contributed by atoms with Crippen LogP contribution in [0.2, 0.25) is 0 Å². The molecule has 2 aromatic carbocycles. The van der Waals surface area contributed by atoms with Crippen molar-refractivity contribution in [2.75, 3.05) is 0 Å². The van der Waals surface area contributed by atoms with Gasteiger partial charge in [0.1, 0.15) is 0 Å². The van der Waals surface area contributed by atoms with Gasteiger partial charge in [0, 0.05) is 0 Å². The van der Waals surface area contributed by atoms with Crippen molar-refractivity contribution in [3.8, 4) is 0 Å². The number of hydrogen-bond donors (Lipinski definition) is 0. The van der Waals surface area contributed by atoms with Crippen molar-refractivity contribution in [3.05, 3.63) is 66.8 Å².